The quantitative estimate of drug-likeness (QED) is 0.767. The Bertz CT molecular complexity index is 716. The monoisotopic (exact) mass is 296 g/mol. The summed E-state index contributed by atoms with van der Waals surface area (Å²) in [6.45, 7) is 0. The average Bonchev–Trinajstić information content (AvgIpc) is 2.50. The summed E-state index contributed by atoms with van der Waals surface area (Å²) in [5.41, 5.74) is 1.63. The van der Waals surface area contributed by atoms with E-state index in [1.54, 1.807) is 6.07 Å². The van der Waals surface area contributed by atoms with Gasteiger partial charge in [0.05, 0.1) is 6.42 Å². The minimum atomic E-state index is -0.361. The molecular formula is C17H13FN2O2. The first-order chi connectivity index (χ1) is 10.6. The minimum Gasteiger partial charge on any atom is -0.299 e. The molecule has 2 rings (SSSR count). The van der Waals surface area contributed by atoms with Crippen LogP contribution < -0.4 is 0 Å². The highest BCUT2D eigenvalue weighted by Crippen LogP contribution is 2.07. The average molecular weight is 296 g/mol. The lowest BCUT2D eigenvalue weighted by atomic mass is 10.0. The topological polar surface area (TPSA) is 70.8 Å². The molecule has 1 aromatic carbocycles. The standard InChI is InChI=1S/C17H13FN2O2/c18-14-4-1-12(2-5-14)7-16(21)9-17(22)8-13-3-6-15(10-19)20-11-13/h1-6,11H,7-9H2. The third-order valence-corrected chi connectivity index (χ3v) is 3.05. The van der Waals surface area contributed by atoms with Crippen LogP contribution in [0.25, 0.3) is 0 Å². The van der Waals surface area contributed by atoms with Crippen LogP contribution in [0.5, 0.6) is 0 Å². The van der Waals surface area contributed by atoms with Crippen molar-refractivity contribution < 1.29 is 14.0 Å². The van der Waals surface area contributed by atoms with E-state index in [0.29, 0.717) is 11.1 Å². The van der Waals surface area contributed by atoms with Crippen LogP contribution >= 0.6 is 0 Å². The maximum absolute atomic E-state index is 12.8. The molecule has 1 heterocycles. The van der Waals surface area contributed by atoms with Gasteiger partial charge in [0.2, 0.25) is 0 Å². The number of nitrogens with zero attached hydrogens (tertiary/aromatic N) is 2. The zero-order valence-corrected chi connectivity index (χ0v) is 11.8. The number of halogens is 1. The van der Waals surface area contributed by atoms with Crippen LogP contribution in [-0.2, 0) is 22.4 Å². The van der Waals surface area contributed by atoms with E-state index in [1.165, 1.54) is 36.5 Å². The molecule has 0 saturated carbocycles. The summed E-state index contributed by atoms with van der Waals surface area (Å²) in [6, 6.07) is 10.7. The Morgan fingerprint density at radius 2 is 1.59 bits per heavy atom. The van der Waals surface area contributed by atoms with E-state index in [0.717, 1.165) is 0 Å². The highest BCUT2D eigenvalue weighted by atomic mass is 19.1. The fourth-order valence-corrected chi connectivity index (χ4v) is 2.00. The Hall–Kier alpha value is -2.87. The number of carbonyl (C=O) groups excluding carboxylic acids is 2. The maximum Gasteiger partial charge on any atom is 0.144 e. The first kappa shape index (κ1) is 15.5. The van der Waals surface area contributed by atoms with Crippen molar-refractivity contribution in [3.63, 3.8) is 0 Å². The van der Waals surface area contributed by atoms with Crippen molar-refractivity contribution in [3.05, 3.63) is 65.2 Å². The molecule has 0 aliphatic carbocycles. The molecule has 0 amide bonds. The number of rotatable bonds is 6. The number of hydrogen-bond acceptors (Lipinski definition) is 4. The lowest BCUT2D eigenvalue weighted by Gasteiger charge is -2.02. The molecule has 2 aromatic rings. The van der Waals surface area contributed by atoms with Crippen LogP contribution in [0.1, 0.15) is 23.2 Å². The molecule has 5 heteroatoms. The molecule has 0 N–H and O–H groups in total. The second kappa shape index (κ2) is 7.23. The van der Waals surface area contributed by atoms with Crippen LogP contribution in [0.4, 0.5) is 4.39 Å². The van der Waals surface area contributed by atoms with Crippen molar-refractivity contribution in [2.75, 3.05) is 0 Å². The fraction of sp³-hybridized carbons (Fsp3) is 0.176. The Morgan fingerprint density at radius 3 is 2.14 bits per heavy atom. The van der Waals surface area contributed by atoms with Gasteiger partial charge in [-0.3, -0.25) is 9.59 Å². The van der Waals surface area contributed by atoms with E-state index in [2.05, 4.69) is 4.98 Å². The first-order valence-electron chi connectivity index (χ1n) is 6.69. The smallest absolute Gasteiger partial charge is 0.144 e. The number of nitriles is 1. The third-order valence-electron chi connectivity index (χ3n) is 3.05. The second-order valence-electron chi connectivity index (χ2n) is 4.90. The second-order valence-corrected chi connectivity index (χ2v) is 4.90. The zero-order chi connectivity index (χ0) is 15.9. The van der Waals surface area contributed by atoms with Crippen molar-refractivity contribution >= 4 is 11.6 Å². The van der Waals surface area contributed by atoms with E-state index in [1.807, 2.05) is 6.07 Å². The van der Waals surface area contributed by atoms with Gasteiger partial charge in [0.25, 0.3) is 0 Å². The van der Waals surface area contributed by atoms with Gasteiger partial charge in [0.15, 0.2) is 0 Å². The van der Waals surface area contributed by atoms with Gasteiger partial charge >= 0.3 is 0 Å². The summed E-state index contributed by atoms with van der Waals surface area (Å²) in [5, 5.41) is 8.64. The van der Waals surface area contributed by atoms with E-state index >= 15 is 0 Å². The summed E-state index contributed by atoms with van der Waals surface area (Å²) in [4.78, 5) is 27.5. The van der Waals surface area contributed by atoms with Crippen molar-refractivity contribution in [2.24, 2.45) is 0 Å². The van der Waals surface area contributed by atoms with Crippen molar-refractivity contribution in [2.45, 2.75) is 19.3 Å². The van der Waals surface area contributed by atoms with Crippen LogP contribution in [-0.4, -0.2) is 16.6 Å². The van der Waals surface area contributed by atoms with Gasteiger partial charge < -0.3 is 0 Å². The SMILES string of the molecule is N#Cc1ccc(CC(=O)CC(=O)Cc2ccc(F)cc2)cn1. The molecule has 0 spiro atoms. The fourth-order valence-electron chi connectivity index (χ4n) is 2.00. The van der Waals surface area contributed by atoms with Crippen molar-refractivity contribution in [3.8, 4) is 6.07 Å². The predicted molar refractivity (Wildman–Crippen MR) is 77.4 cm³/mol. The lowest BCUT2D eigenvalue weighted by molar-refractivity contribution is -0.126. The predicted octanol–water partition coefficient (Wildman–Crippen LogP) is 2.41. The number of ketones is 2. The van der Waals surface area contributed by atoms with E-state index in [9.17, 15) is 14.0 Å². The number of aromatic nitrogens is 1. The molecule has 110 valence electrons. The third kappa shape index (κ3) is 4.60. The molecule has 0 bridgehead atoms. The van der Waals surface area contributed by atoms with Gasteiger partial charge in [0, 0.05) is 19.0 Å². The summed E-state index contributed by atoms with van der Waals surface area (Å²) < 4.78 is 12.8. The molecule has 1 aromatic heterocycles. The molecular weight excluding hydrogens is 283 g/mol. The Labute approximate surface area is 127 Å². The highest BCUT2D eigenvalue weighted by Gasteiger charge is 2.11. The minimum absolute atomic E-state index is 0.105. The molecule has 0 radical (unpaired) electrons. The molecule has 0 fully saturated rings. The van der Waals surface area contributed by atoms with Gasteiger partial charge in [0.1, 0.15) is 29.1 Å². The van der Waals surface area contributed by atoms with Crippen LogP contribution in [0, 0.1) is 17.1 Å². The molecule has 0 atom stereocenters. The van der Waals surface area contributed by atoms with Gasteiger partial charge in [-0.05, 0) is 29.3 Å². The maximum atomic E-state index is 12.8. The summed E-state index contributed by atoms with van der Waals surface area (Å²) in [5.74, 6) is -0.780. The number of Topliss-reactive ketones (excluding diaryl/α,β-unsaturated/α-hetero) is 2. The van der Waals surface area contributed by atoms with Gasteiger partial charge in [-0.1, -0.05) is 18.2 Å². The van der Waals surface area contributed by atoms with Crippen molar-refractivity contribution in [1.82, 2.24) is 4.98 Å². The first-order valence-corrected chi connectivity index (χ1v) is 6.69. The van der Waals surface area contributed by atoms with Crippen LogP contribution in [0.3, 0.4) is 0 Å². The normalized spacial score (nSPS) is 10.0. The largest absolute Gasteiger partial charge is 0.299 e. The van der Waals surface area contributed by atoms with E-state index in [4.69, 9.17) is 5.26 Å². The Balaban J connectivity index is 1.86. The Morgan fingerprint density at radius 1 is 1.00 bits per heavy atom. The Kier molecular flexibility index (Phi) is 5.10. The van der Waals surface area contributed by atoms with E-state index in [-0.39, 0.29) is 42.3 Å². The molecule has 22 heavy (non-hydrogen) atoms. The molecule has 0 saturated heterocycles. The summed E-state index contributed by atoms with van der Waals surface area (Å²) >= 11 is 0. The van der Waals surface area contributed by atoms with Crippen molar-refractivity contribution in [1.29, 1.82) is 5.26 Å². The molecule has 4 nitrogen and oxygen atoms in total. The number of benzene rings is 1. The molecule has 0 unspecified atom stereocenters. The molecule has 0 aliphatic heterocycles. The van der Waals surface area contributed by atoms with Gasteiger partial charge in [-0.25, -0.2) is 9.37 Å². The lowest BCUT2D eigenvalue weighted by Crippen LogP contribution is -2.12. The summed E-state index contributed by atoms with van der Waals surface area (Å²) in [6.07, 6.45) is 1.50. The van der Waals surface area contributed by atoms with E-state index < -0.39 is 0 Å². The van der Waals surface area contributed by atoms with Gasteiger partial charge in [-0.2, -0.15) is 5.26 Å². The number of pyridine rings is 1. The number of carbonyl (C=O) groups is 2. The summed E-state index contributed by atoms with van der Waals surface area (Å²) in [7, 11) is 0. The zero-order valence-electron chi connectivity index (χ0n) is 11.8. The van der Waals surface area contributed by atoms with Crippen LogP contribution in [0.2, 0.25) is 0 Å². The number of hydrogen-bond donors (Lipinski definition) is 0. The van der Waals surface area contributed by atoms with Gasteiger partial charge in [-0.15, -0.1) is 0 Å². The molecule has 0 aliphatic rings. The van der Waals surface area contributed by atoms with Crippen LogP contribution in [0.15, 0.2) is 42.6 Å². The highest BCUT2D eigenvalue weighted by molar-refractivity contribution is 6.00.